The highest BCUT2D eigenvalue weighted by Crippen LogP contribution is 2.30. The molecule has 14 nitrogen and oxygen atoms in total. The molecule has 12 atom stereocenters. The van der Waals surface area contributed by atoms with Gasteiger partial charge < -0.3 is 65.1 Å². The summed E-state index contributed by atoms with van der Waals surface area (Å²) >= 11 is 0. The van der Waals surface area contributed by atoms with E-state index < -0.39 is 86.8 Å². The normalized spacial score (nSPS) is 22.8. The first-order chi connectivity index (χ1) is 47.1. The Kier molecular flexibility index (Phi) is 60.5. The van der Waals surface area contributed by atoms with E-state index in [0.717, 1.165) is 83.5 Å². The van der Waals surface area contributed by atoms with Gasteiger partial charge in [-0.15, -0.1) is 0 Å². The third kappa shape index (κ3) is 47.9. The highest BCUT2D eigenvalue weighted by atomic mass is 16.7. The van der Waals surface area contributed by atoms with E-state index >= 15 is 0 Å². The first-order valence-electron chi connectivity index (χ1n) is 39.5. The Morgan fingerprint density at radius 2 is 0.719 bits per heavy atom. The molecule has 556 valence electrons. The van der Waals surface area contributed by atoms with Gasteiger partial charge in [-0.25, -0.2) is 0 Å². The molecule has 0 aromatic heterocycles. The van der Waals surface area contributed by atoms with Gasteiger partial charge in [-0.1, -0.05) is 336 Å². The number of unbranched alkanes of at least 4 members (excludes halogenated alkanes) is 38. The van der Waals surface area contributed by atoms with Gasteiger partial charge in [0.05, 0.1) is 32.0 Å². The number of rotatable bonds is 65. The fourth-order valence-electron chi connectivity index (χ4n) is 12.6. The van der Waals surface area contributed by atoms with Crippen molar-refractivity contribution in [1.82, 2.24) is 5.32 Å². The Balaban J connectivity index is 1.62. The van der Waals surface area contributed by atoms with E-state index in [1.807, 2.05) is 6.08 Å². The standard InChI is InChI=1S/C82H145NO13/c1-3-5-7-9-11-13-15-17-19-21-23-25-27-29-30-31-32-33-34-35-36-37-38-39-40-42-44-46-48-50-52-54-56-58-60-62-64-66-74(87)83-70(69-93-81-79(92)77(90)80(73(68-85)95-81)96-82-78(91)76(89)75(88)72(67-84)94-82)71(86)65-63-61-59-57-55-53-51-49-47-45-43-41-28-26-24-22-20-18-16-14-12-10-8-6-4-2/h5,7,11,13,17,19,23,25,29-30,32-33,35-36,63,65,70-73,75-82,84-86,88-92H,3-4,6,8-10,12,14-16,18,20-22,24,26-28,31,34,37-62,64,66-69H2,1-2H3,(H,83,87)/b7-5-,13-11-,19-17-,25-23-,30-29-,33-32-,36-35-,65-63+. The first kappa shape index (κ1) is 89.0. The van der Waals surface area contributed by atoms with E-state index in [1.165, 1.54) is 212 Å². The van der Waals surface area contributed by atoms with Gasteiger partial charge in [0.2, 0.25) is 5.91 Å². The maximum Gasteiger partial charge on any atom is 0.220 e. The zero-order valence-electron chi connectivity index (χ0n) is 60.8. The lowest BCUT2D eigenvalue weighted by Crippen LogP contribution is -2.65. The Morgan fingerprint density at radius 1 is 0.385 bits per heavy atom. The van der Waals surface area contributed by atoms with Crippen LogP contribution in [0.1, 0.15) is 322 Å². The summed E-state index contributed by atoms with van der Waals surface area (Å²) in [5.74, 6) is -0.238. The van der Waals surface area contributed by atoms with Gasteiger partial charge >= 0.3 is 0 Å². The molecule has 2 heterocycles. The predicted octanol–water partition coefficient (Wildman–Crippen LogP) is 17.7. The maximum atomic E-state index is 13.4. The SMILES string of the molecule is CC/C=C\C/C=C\C/C=C\C/C=C\C/C=C\C/C=C\C/C=C\CCCCCCCCCCCCCCCCCC(=O)NC(COC1OC(CO)C(OC2OC(CO)C(O)C(O)C2O)C(O)C1O)C(O)/C=C/CCCCCCCCCCCCCCCCCCCCCCCCC. The molecule has 12 unspecified atom stereocenters. The summed E-state index contributed by atoms with van der Waals surface area (Å²) in [7, 11) is 0. The molecular formula is C82H145NO13. The van der Waals surface area contributed by atoms with Gasteiger partial charge in [-0.05, 0) is 77.0 Å². The second-order valence-corrected chi connectivity index (χ2v) is 27.5. The maximum absolute atomic E-state index is 13.4. The zero-order valence-corrected chi connectivity index (χ0v) is 60.8. The molecule has 0 aliphatic carbocycles. The van der Waals surface area contributed by atoms with Crippen LogP contribution in [0.2, 0.25) is 0 Å². The monoisotopic (exact) mass is 1350 g/mol. The number of carbonyl (C=O) groups excluding carboxylic acids is 1. The number of hydrogen-bond acceptors (Lipinski definition) is 13. The van der Waals surface area contributed by atoms with Gasteiger partial charge in [-0.2, -0.15) is 0 Å². The minimum absolute atomic E-state index is 0.238. The van der Waals surface area contributed by atoms with Crippen LogP contribution in [0.5, 0.6) is 0 Å². The van der Waals surface area contributed by atoms with E-state index in [1.54, 1.807) is 6.08 Å². The lowest BCUT2D eigenvalue weighted by Gasteiger charge is -2.46. The van der Waals surface area contributed by atoms with Crippen molar-refractivity contribution in [3.63, 3.8) is 0 Å². The molecule has 2 saturated heterocycles. The summed E-state index contributed by atoms with van der Waals surface area (Å²) in [5.41, 5.74) is 0. The Bertz CT molecular complexity index is 1980. The van der Waals surface area contributed by atoms with Crippen LogP contribution in [-0.4, -0.2) is 140 Å². The molecule has 0 aromatic carbocycles. The van der Waals surface area contributed by atoms with Gasteiger partial charge in [0.25, 0.3) is 0 Å². The highest BCUT2D eigenvalue weighted by Gasteiger charge is 2.51. The molecule has 2 aliphatic heterocycles. The van der Waals surface area contributed by atoms with Crippen LogP contribution in [-0.2, 0) is 23.7 Å². The largest absolute Gasteiger partial charge is 0.394 e. The fraction of sp³-hybridized carbons (Fsp3) is 0.793. The Labute approximate surface area is 585 Å². The lowest BCUT2D eigenvalue weighted by atomic mass is 9.97. The van der Waals surface area contributed by atoms with Crippen molar-refractivity contribution >= 4 is 5.91 Å². The molecule has 0 aromatic rings. The number of carbonyl (C=O) groups is 1. The number of ether oxygens (including phenoxy) is 4. The summed E-state index contributed by atoms with van der Waals surface area (Å²) in [4.78, 5) is 13.4. The average Bonchev–Trinajstić information content (AvgIpc) is 0.857. The quantitative estimate of drug-likeness (QED) is 0.0204. The summed E-state index contributed by atoms with van der Waals surface area (Å²) in [5, 5.41) is 87.7. The van der Waals surface area contributed by atoms with Crippen molar-refractivity contribution in [3.8, 4) is 0 Å². The van der Waals surface area contributed by atoms with Crippen molar-refractivity contribution < 1.29 is 64.6 Å². The van der Waals surface area contributed by atoms with E-state index in [4.69, 9.17) is 18.9 Å². The Hall–Kier alpha value is -3.09. The van der Waals surface area contributed by atoms with Gasteiger partial charge in [0.1, 0.15) is 48.8 Å². The molecule has 14 heteroatoms. The van der Waals surface area contributed by atoms with Crippen LogP contribution >= 0.6 is 0 Å². The van der Waals surface area contributed by atoms with Gasteiger partial charge in [-0.3, -0.25) is 4.79 Å². The highest BCUT2D eigenvalue weighted by molar-refractivity contribution is 5.76. The van der Waals surface area contributed by atoms with Crippen molar-refractivity contribution in [2.45, 2.75) is 396 Å². The minimum Gasteiger partial charge on any atom is -0.394 e. The summed E-state index contributed by atoms with van der Waals surface area (Å²) in [6.07, 6.45) is 76.1. The van der Waals surface area contributed by atoms with E-state index in [-0.39, 0.29) is 18.9 Å². The molecular weight excluding hydrogens is 1210 g/mol. The fourth-order valence-corrected chi connectivity index (χ4v) is 12.6. The number of amides is 1. The lowest BCUT2D eigenvalue weighted by molar-refractivity contribution is -0.359. The van der Waals surface area contributed by atoms with Crippen LogP contribution in [0.3, 0.4) is 0 Å². The molecule has 9 N–H and O–H groups in total. The zero-order chi connectivity index (χ0) is 69.4. The predicted molar refractivity (Wildman–Crippen MR) is 396 cm³/mol. The van der Waals surface area contributed by atoms with Crippen LogP contribution < -0.4 is 5.32 Å². The van der Waals surface area contributed by atoms with Crippen LogP contribution in [0.25, 0.3) is 0 Å². The molecule has 96 heavy (non-hydrogen) atoms. The molecule has 0 bridgehead atoms. The summed E-state index contributed by atoms with van der Waals surface area (Å²) in [6.45, 7) is 2.72. The van der Waals surface area contributed by atoms with Crippen molar-refractivity contribution in [2.24, 2.45) is 0 Å². The third-order valence-corrected chi connectivity index (χ3v) is 18.8. The number of hydrogen-bond donors (Lipinski definition) is 9. The molecule has 0 spiro atoms. The van der Waals surface area contributed by atoms with Gasteiger partial charge in [0.15, 0.2) is 12.6 Å². The van der Waals surface area contributed by atoms with E-state index in [2.05, 4.69) is 104 Å². The summed E-state index contributed by atoms with van der Waals surface area (Å²) in [6, 6.07) is -0.921. The molecule has 1 amide bonds. The minimum atomic E-state index is -1.79. The summed E-state index contributed by atoms with van der Waals surface area (Å²) < 4.78 is 22.9. The number of allylic oxidation sites excluding steroid dienone is 15. The number of aliphatic hydroxyl groups is 8. The second-order valence-electron chi connectivity index (χ2n) is 27.5. The van der Waals surface area contributed by atoms with Gasteiger partial charge in [0, 0.05) is 6.42 Å². The van der Waals surface area contributed by atoms with Crippen LogP contribution in [0.15, 0.2) is 97.2 Å². The third-order valence-electron chi connectivity index (χ3n) is 18.8. The molecule has 2 rings (SSSR count). The van der Waals surface area contributed by atoms with Crippen LogP contribution in [0.4, 0.5) is 0 Å². The number of aliphatic hydroxyl groups excluding tert-OH is 8. The molecule has 2 fully saturated rings. The van der Waals surface area contributed by atoms with E-state index in [9.17, 15) is 45.6 Å². The van der Waals surface area contributed by atoms with E-state index in [0.29, 0.717) is 6.42 Å². The molecule has 0 radical (unpaired) electrons. The first-order valence-corrected chi connectivity index (χ1v) is 39.5. The number of nitrogens with one attached hydrogen (secondary N) is 1. The van der Waals surface area contributed by atoms with Crippen molar-refractivity contribution in [2.75, 3.05) is 19.8 Å². The molecule has 2 aliphatic rings. The Morgan fingerprint density at radius 3 is 1.10 bits per heavy atom. The average molecular weight is 1350 g/mol. The van der Waals surface area contributed by atoms with Crippen LogP contribution in [0, 0.1) is 0 Å². The topological polar surface area (TPSA) is 228 Å². The molecule has 0 saturated carbocycles. The second kappa shape index (κ2) is 65.2. The van der Waals surface area contributed by atoms with Crippen molar-refractivity contribution in [1.29, 1.82) is 0 Å². The smallest absolute Gasteiger partial charge is 0.220 e. The van der Waals surface area contributed by atoms with Crippen molar-refractivity contribution in [3.05, 3.63) is 97.2 Å².